The van der Waals surface area contributed by atoms with Gasteiger partial charge >= 0.3 is 0 Å². The molecule has 4 nitrogen and oxygen atoms in total. The van der Waals surface area contributed by atoms with Crippen LogP contribution in [0.5, 0.6) is 0 Å². The Hall–Kier alpha value is -1.42. The summed E-state index contributed by atoms with van der Waals surface area (Å²) in [6.45, 7) is 4.35. The molecular formula is C14H22N2O2. The van der Waals surface area contributed by atoms with Gasteiger partial charge in [-0.15, -0.1) is 0 Å². The Labute approximate surface area is 109 Å². The Morgan fingerprint density at radius 2 is 2.06 bits per heavy atom. The average Bonchev–Trinajstić information content (AvgIpc) is 2.36. The van der Waals surface area contributed by atoms with Gasteiger partial charge in [0.05, 0.1) is 4.92 Å². The number of benzene rings is 1. The number of likely N-dealkylation sites (N-methyl/N-ethyl adjacent to an activating group) is 1. The molecule has 0 aromatic heterocycles. The monoisotopic (exact) mass is 250 g/mol. The van der Waals surface area contributed by atoms with Crippen LogP contribution in [-0.2, 0) is 6.42 Å². The molecule has 0 spiro atoms. The Morgan fingerprint density at radius 3 is 2.61 bits per heavy atom. The van der Waals surface area contributed by atoms with E-state index in [4.69, 9.17) is 0 Å². The van der Waals surface area contributed by atoms with E-state index < -0.39 is 0 Å². The molecule has 0 saturated carbocycles. The van der Waals surface area contributed by atoms with Crippen LogP contribution in [0.3, 0.4) is 0 Å². The quantitative estimate of drug-likeness (QED) is 0.597. The molecule has 0 fully saturated rings. The lowest BCUT2D eigenvalue weighted by Crippen LogP contribution is -2.34. The summed E-state index contributed by atoms with van der Waals surface area (Å²) >= 11 is 0. The van der Waals surface area contributed by atoms with E-state index in [2.05, 4.69) is 19.2 Å². The highest BCUT2D eigenvalue weighted by Gasteiger charge is 2.20. The second-order valence-electron chi connectivity index (χ2n) is 4.75. The lowest BCUT2D eigenvalue weighted by Gasteiger charge is -2.23. The molecule has 0 aliphatic heterocycles. The van der Waals surface area contributed by atoms with E-state index >= 15 is 0 Å². The summed E-state index contributed by atoms with van der Waals surface area (Å²) in [6, 6.07) is 7.28. The van der Waals surface area contributed by atoms with E-state index in [0.29, 0.717) is 12.3 Å². The van der Waals surface area contributed by atoms with Gasteiger partial charge in [-0.2, -0.15) is 0 Å². The van der Waals surface area contributed by atoms with E-state index in [-0.39, 0.29) is 16.7 Å². The summed E-state index contributed by atoms with van der Waals surface area (Å²) in [7, 11) is 1.92. The van der Waals surface area contributed by atoms with Crippen LogP contribution in [-0.4, -0.2) is 18.0 Å². The molecule has 0 aliphatic carbocycles. The topological polar surface area (TPSA) is 55.2 Å². The number of hydrogen-bond acceptors (Lipinski definition) is 3. The number of nitrogens with zero attached hydrogens (tertiary/aromatic N) is 1. The molecule has 18 heavy (non-hydrogen) atoms. The summed E-state index contributed by atoms with van der Waals surface area (Å²) in [5.41, 5.74) is 1.03. The Bertz CT molecular complexity index is 393. The minimum atomic E-state index is -0.299. The van der Waals surface area contributed by atoms with Gasteiger partial charge in [0.1, 0.15) is 0 Å². The third-order valence-corrected chi connectivity index (χ3v) is 3.43. The maximum absolute atomic E-state index is 11.0. The Kier molecular flexibility index (Phi) is 5.78. The average molecular weight is 250 g/mol. The number of nitro groups is 1. The van der Waals surface area contributed by atoms with Crippen molar-refractivity contribution in [3.63, 3.8) is 0 Å². The maximum atomic E-state index is 11.0. The molecule has 0 radical (unpaired) electrons. The van der Waals surface area contributed by atoms with Crippen LogP contribution in [0.25, 0.3) is 0 Å². The van der Waals surface area contributed by atoms with Gasteiger partial charge < -0.3 is 5.32 Å². The Balaban J connectivity index is 2.84. The van der Waals surface area contributed by atoms with Gasteiger partial charge in [-0.3, -0.25) is 10.1 Å². The smallest absolute Gasteiger partial charge is 0.272 e. The minimum absolute atomic E-state index is 0.224. The van der Waals surface area contributed by atoms with Crippen molar-refractivity contribution in [2.45, 2.75) is 39.2 Å². The van der Waals surface area contributed by atoms with Crippen LogP contribution < -0.4 is 5.32 Å². The highest BCUT2D eigenvalue weighted by molar-refractivity contribution is 5.40. The van der Waals surface area contributed by atoms with E-state index in [1.807, 2.05) is 19.2 Å². The van der Waals surface area contributed by atoms with Crippen LogP contribution in [0.1, 0.15) is 32.3 Å². The number of para-hydroxylation sites is 1. The number of rotatable bonds is 7. The molecule has 0 heterocycles. The summed E-state index contributed by atoms with van der Waals surface area (Å²) < 4.78 is 0. The summed E-state index contributed by atoms with van der Waals surface area (Å²) in [4.78, 5) is 10.7. The van der Waals surface area contributed by atoms with E-state index in [9.17, 15) is 10.1 Å². The second-order valence-corrected chi connectivity index (χ2v) is 4.75. The summed E-state index contributed by atoms with van der Waals surface area (Å²) in [5.74, 6) is 0.514. The Morgan fingerprint density at radius 1 is 1.39 bits per heavy atom. The van der Waals surface area contributed by atoms with Crippen LogP contribution in [0.2, 0.25) is 0 Å². The van der Waals surface area contributed by atoms with Gasteiger partial charge in [0, 0.05) is 17.7 Å². The lowest BCUT2D eigenvalue weighted by atomic mass is 9.91. The first kappa shape index (κ1) is 14.6. The first-order valence-corrected chi connectivity index (χ1v) is 6.49. The molecular weight excluding hydrogens is 228 g/mol. The maximum Gasteiger partial charge on any atom is 0.272 e. The zero-order valence-corrected chi connectivity index (χ0v) is 11.3. The highest BCUT2D eigenvalue weighted by Crippen LogP contribution is 2.22. The normalized spacial score (nSPS) is 14.2. The third kappa shape index (κ3) is 3.81. The van der Waals surface area contributed by atoms with E-state index in [0.717, 1.165) is 18.4 Å². The summed E-state index contributed by atoms with van der Waals surface area (Å²) in [5, 5.41) is 14.3. The van der Waals surface area contributed by atoms with Crippen LogP contribution in [0, 0.1) is 16.0 Å². The predicted octanol–water partition coefficient (Wildman–Crippen LogP) is 3.16. The van der Waals surface area contributed by atoms with Gasteiger partial charge in [0.15, 0.2) is 0 Å². The number of hydrogen-bond donors (Lipinski definition) is 1. The van der Waals surface area contributed by atoms with Gasteiger partial charge in [0.25, 0.3) is 5.69 Å². The third-order valence-electron chi connectivity index (χ3n) is 3.43. The lowest BCUT2D eigenvalue weighted by molar-refractivity contribution is -0.385. The van der Waals surface area contributed by atoms with Crippen molar-refractivity contribution in [3.05, 3.63) is 39.9 Å². The van der Waals surface area contributed by atoms with Crippen molar-refractivity contribution < 1.29 is 4.92 Å². The van der Waals surface area contributed by atoms with Gasteiger partial charge in [0.2, 0.25) is 0 Å². The molecule has 0 saturated heterocycles. The fraction of sp³-hybridized carbons (Fsp3) is 0.571. The van der Waals surface area contributed by atoms with Crippen molar-refractivity contribution in [3.8, 4) is 0 Å². The second kappa shape index (κ2) is 7.11. The molecule has 4 heteroatoms. The molecule has 2 unspecified atom stereocenters. The SMILES string of the molecule is CCCC(C)C(Cc1ccccc1[N+](=O)[O-])NC. The zero-order valence-electron chi connectivity index (χ0n) is 11.3. The fourth-order valence-electron chi connectivity index (χ4n) is 2.34. The van der Waals surface area contributed by atoms with Crippen molar-refractivity contribution in [2.24, 2.45) is 5.92 Å². The zero-order chi connectivity index (χ0) is 13.5. The van der Waals surface area contributed by atoms with Crippen LogP contribution in [0.15, 0.2) is 24.3 Å². The standard InChI is InChI=1S/C14H22N2O2/c1-4-7-11(2)13(15-3)10-12-8-5-6-9-14(12)16(17)18/h5-6,8-9,11,13,15H,4,7,10H2,1-3H3. The first-order chi connectivity index (χ1) is 8.60. The predicted molar refractivity (Wildman–Crippen MR) is 73.7 cm³/mol. The molecule has 1 aromatic carbocycles. The molecule has 1 rings (SSSR count). The fourth-order valence-corrected chi connectivity index (χ4v) is 2.34. The summed E-state index contributed by atoms with van der Waals surface area (Å²) in [6.07, 6.45) is 2.97. The van der Waals surface area contributed by atoms with Gasteiger partial charge in [-0.25, -0.2) is 0 Å². The molecule has 1 N–H and O–H groups in total. The molecule has 0 aliphatic rings. The molecule has 0 amide bonds. The van der Waals surface area contributed by atoms with Crippen molar-refractivity contribution in [1.82, 2.24) is 5.32 Å². The number of nitro benzene ring substituents is 1. The van der Waals surface area contributed by atoms with E-state index in [1.165, 1.54) is 0 Å². The van der Waals surface area contributed by atoms with Crippen molar-refractivity contribution in [2.75, 3.05) is 7.05 Å². The van der Waals surface area contributed by atoms with Crippen LogP contribution >= 0.6 is 0 Å². The molecule has 2 atom stereocenters. The highest BCUT2D eigenvalue weighted by atomic mass is 16.6. The molecule has 1 aromatic rings. The molecule has 0 bridgehead atoms. The van der Waals surface area contributed by atoms with Gasteiger partial charge in [-0.05, 0) is 25.8 Å². The number of nitrogens with one attached hydrogen (secondary N) is 1. The van der Waals surface area contributed by atoms with Crippen molar-refractivity contribution >= 4 is 5.69 Å². The first-order valence-electron chi connectivity index (χ1n) is 6.49. The minimum Gasteiger partial charge on any atom is -0.316 e. The van der Waals surface area contributed by atoms with Crippen LogP contribution in [0.4, 0.5) is 5.69 Å². The van der Waals surface area contributed by atoms with E-state index in [1.54, 1.807) is 12.1 Å². The largest absolute Gasteiger partial charge is 0.316 e. The molecule has 100 valence electrons. The van der Waals surface area contributed by atoms with Crippen molar-refractivity contribution in [1.29, 1.82) is 0 Å². The van der Waals surface area contributed by atoms with Gasteiger partial charge in [-0.1, -0.05) is 38.5 Å².